The van der Waals surface area contributed by atoms with Crippen molar-refractivity contribution in [2.24, 2.45) is 11.8 Å². The summed E-state index contributed by atoms with van der Waals surface area (Å²) in [5, 5.41) is 0. The van der Waals surface area contributed by atoms with Crippen LogP contribution in [0.25, 0.3) is 22.0 Å². The van der Waals surface area contributed by atoms with Gasteiger partial charge in [-0.3, -0.25) is 9.59 Å². The van der Waals surface area contributed by atoms with Gasteiger partial charge in [0.1, 0.15) is 22.9 Å². The van der Waals surface area contributed by atoms with Crippen molar-refractivity contribution in [1.29, 1.82) is 0 Å². The highest BCUT2D eigenvalue weighted by atomic mass is 32.1. The molecule has 0 radical (unpaired) electrons. The first-order valence-electron chi connectivity index (χ1n) is 24.2. The number of thiophene rings is 1. The second-order valence-electron chi connectivity index (χ2n) is 17.8. The average molecular weight is 827 g/mol. The molecule has 7 heteroatoms. The molecule has 5 rings (SSSR count). The lowest BCUT2D eigenvalue weighted by Gasteiger charge is -2.29. The zero-order valence-corrected chi connectivity index (χ0v) is 38.8. The van der Waals surface area contributed by atoms with E-state index in [2.05, 4.69) is 46.8 Å². The fourth-order valence-corrected chi connectivity index (χ4v) is 10.1. The Morgan fingerprint density at radius 1 is 0.475 bits per heavy atom. The molecule has 0 spiro atoms. The van der Waals surface area contributed by atoms with E-state index in [-0.39, 0.29) is 11.8 Å². The molecule has 0 aromatic carbocycles. The third kappa shape index (κ3) is 13.1. The van der Waals surface area contributed by atoms with E-state index in [1.54, 1.807) is 11.3 Å². The molecular weight excluding hydrogens is 749 g/mol. The number of furan rings is 2. The van der Waals surface area contributed by atoms with E-state index in [0.29, 0.717) is 59.0 Å². The van der Waals surface area contributed by atoms with Crippen molar-refractivity contribution < 1.29 is 18.4 Å². The van der Waals surface area contributed by atoms with Crippen LogP contribution >= 0.6 is 11.3 Å². The van der Waals surface area contributed by atoms with E-state index in [1.165, 1.54) is 127 Å². The fraction of sp³-hybridized carbons (Fsp3) is 0.654. The first-order chi connectivity index (χ1) is 28.8. The van der Waals surface area contributed by atoms with E-state index in [9.17, 15) is 0 Å². The summed E-state index contributed by atoms with van der Waals surface area (Å²) in [6, 6.07) is 12.1. The lowest BCUT2D eigenvalue weighted by molar-refractivity contribution is -0.124. The number of hydrogen-bond acceptors (Lipinski definition) is 5. The Labute approximate surface area is 362 Å². The summed E-state index contributed by atoms with van der Waals surface area (Å²) in [6.07, 6.45) is 29.0. The van der Waals surface area contributed by atoms with Gasteiger partial charge in [0.05, 0.1) is 16.0 Å². The lowest BCUT2D eigenvalue weighted by Crippen LogP contribution is -2.34. The Hall–Kier alpha value is -3.32. The van der Waals surface area contributed by atoms with Gasteiger partial charge in [0.25, 0.3) is 11.8 Å². The summed E-state index contributed by atoms with van der Waals surface area (Å²) in [7, 11) is 0. The van der Waals surface area contributed by atoms with Gasteiger partial charge in [0.2, 0.25) is 0 Å². The zero-order valence-electron chi connectivity index (χ0n) is 37.9. The largest absolute Gasteiger partial charge is 0.460 e. The molecule has 2 amide bonds. The molecule has 3 aromatic heterocycles. The van der Waals surface area contributed by atoms with Crippen molar-refractivity contribution in [3.05, 3.63) is 69.7 Å². The molecule has 0 bridgehead atoms. The highest BCUT2D eigenvalue weighted by Crippen LogP contribution is 2.49. The van der Waals surface area contributed by atoms with Crippen LogP contribution in [-0.2, 0) is 9.59 Å². The summed E-state index contributed by atoms with van der Waals surface area (Å²) in [6.45, 7) is 14.3. The summed E-state index contributed by atoms with van der Waals surface area (Å²) in [5.41, 5.74) is 2.30. The van der Waals surface area contributed by atoms with Gasteiger partial charge < -0.3 is 18.6 Å². The molecule has 2 unspecified atom stereocenters. The van der Waals surface area contributed by atoms with Gasteiger partial charge in [-0.2, -0.15) is 0 Å². The van der Waals surface area contributed by atoms with Crippen LogP contribution in [0.2, 0.25) is 0 Å². The fourth-order valence-electron chi connectivity index (χ4n) is 9.30. The maximum Gasteiger partial charge on any atom is 0.261 e. The van der Waals surface area contributed by atoms with Crippen LogP contribution in [0.1, 0.15) is 204 Å². The summed E-state index contributed by atoms with van der Waals surface area (Å²) < 4.78 is 13.1. The monoisotopic (exact) mass is 827 g/mol. The van der Waals surface area contributed by atoms with Crippen LogP contribution < -0.4 is 0 Å². The van der Waals surface area contributed by atoms with Crippen molar-refractivity contribution in [1.82, 2.24) is 9.80 Å². The average Bonchev–Trinajstić information content (AvgIpc) is 4.07. The number of rotatable bonds is 31. The van der Waals surface area contributed by atoms with Gasteiger partial charge in [-0.25, -0.2) is 0 Å². The Morgan fingerprint density at radius 3 is 1.27 bits per heavy atom. The highest BCUT2D eigenvalue weighted by Gasteiger charge is 2.51. The number of nitrogens with zero attached hydrogens (tertiary/aromatic N) is 2. The number of unbranched alkanes of at least 4 members (excludes halogenated alkanes) is 16. The van der Waals surface area contributed by atoms with E-state index in [0.717, 1.165) is 48.5 Å². The van der Waals surface area contributed by atoms with Crippen LogP contribution in [-0.4, -0.2) is 34.7 Å². The minimum Gasteiger partial charge on any atom is -0.460 e. The number of fused-ring (bicyclic) bond motifs is 1. The van der Waals surface area contributed by atoms with Crippen molar-refractivity contribution in [2.45, 2.75) is 196 Å². The first kappa shape index (κ1) is 46.7. The molecule has 3 aromatic rings. The van der Waals surface area contributed by atoms with Crippen molar-refractivity contribution in [3.8, 4) is 10.6 Å². The summed E-state index contributed by atoms with van der Waals surface area (Å²) in [5.74, 6) is 3.28. The SMILES string of the molecule is CCCCCCCCC(CCCCCC)CN1C(=O)C2=C(c3ccc(-c4ccc(C)s4)o3)N(CC(CCCCCC)CCCCCCCC)C(=O)C2=C1c1ccc(C)o1. The molecule has 0 saturated carbocycles. The summed E-state index contributed by atoms with van der Waals surface area (Å²) >= 11 is 1.70. The minimum atomic E-state index is -0.0863. The molecule has 6 nitrogen and oxygen atoms in total. The molecule has 0 fully saturated rings. The van der Waals surface area contributed by atoms with Crippen LogP contribution in [0, 0.1) is 25.7 Å². The van der Waals surface area contributed by atoms with Gasteiger partial charge in [-0.05, 0) is 87.8 Å². The van der Waals surface area contributed by atoms with Crippen LogP contribution in [0.3, 0.4) is 0 Å². The lowest BCUT2D eigenvalue weighted by atomic mass is 9.93. The maximum absolute atomic E-state index is 15.3. The number of amides is 2. The molecule has 5 heterocycles. The standard InChI is InChI=1S/C52H78N2O4S/c1-7-11-15-19-21-25-29-41(27-23-17-13-9-3)37-53-49(44-33-31-39(5)57-44)47-48(52(53)56)50(45-35-34-43(58-45)46-36-32-40(6)59-46)54(51(47)55)38-42(28-24-18-14-10-4)30-26-22-20-16-12-8-2/h31-36,41-42H,7-30,37-38H2,1-6H3. The van der Waals surface area contributed by atoms with Crippen LogP contribution in [0.4, 0.5) is 0 Å². The molecule has 0 N–H and O–H groups in total. The van der Waals surface area contributed by atoms with E-state index < -0.39 is 0 Å². The second-order valence-corrected chi connectivity index (χ2v) is 19.1. The Bertz CT molecular complexity index is 1790. The molecule has 0 aliphatic carbocycles. The van der Waals surface area contributed by atoms with Crippen molar-refractivity contribution in [3.63, 3.8) is 0 Å². The van der Waals surface area contributed by atoms with E-state index >= 15 is 9.59 Å². The number of carbonyl (C=O) groups is 2. The first-order valence-corrected chi connectivity index (χ1v) is 25.0. The molecule has 59 heavy (non-hydrogen) atoms. The van der Waals surface area contributed by atoms with Gasteiger partial charge >= 0.3 is 0 Å². The van der Waals surface area contributed by atoms with E-state index in [1.807, 2.05) is 41.0 Å². The zero-order chi connectivity index (χ0) is 42.0. The highest BCUT2D eigenvalue weighted by molar-refractivity contribution is 7.15. The van der Waals surface area contributed by atoms with Crippen molar-refractivity contribution >= 4 is 34.5 Å². The normalized spacial score (nSPS) is 15.4. The second kappa shape index (κ2) is 24.8. The molecule has 2 atom stereocenters. The van der Waals surface area contributed by atoms with Gasteiger partial charge in [0.15, 0.2) is 11.5 Å². The van der Waals surface area contributed by atoms with Gasteiger partial charge in [-0.1, -0.05) is 156 Å². The van der Waals surface area contributed by atoms with Crippen LogP contribution in [0.15, 0.2) is 56.4 Å². The number of carbonyl (C=O) groups excluding carboxylic acids is 2. The van der Waals surface area contributed by atoms with E-state index in [4.69, 9.17) is 8.83 Å². The third-order valence-corrected chi connectivity index (χ3v) is 13.7. The van der Waals surface area contributed by atoms with Gasteiger partial charge in [0, 0.05) is 18.0 Å². The van der Waals surface area contributed by atoms with Gasteiger partial charge in [-0.15, -0.1) is 11.3 Å². The molecule has 0 saturated heterocycles. The quantitative estimate of drug-likeness (QED) is 0.0606. The predicted octanol–water partition coefficient (Wildman–Crippen LogP) is 15.7. The Kier molecular flexibility index (Phi) is 19.7. The topological polar surface area (TPSA) is 66.9 Å². The third-order valence-electron chi connectivity index (χ3n) is 12.7. The molecular formula is C52H78N2O4S. The predicted molar refractivity (Wildman–Crippen MR) is 248 cm³/mol. The molecule has 326 valence electrons. The number of hydrogen-bond donors (Lipinski definition) is 0. The Balaban J connectivity index is 1.53. The smallest absolute Gasteiger partial charge is 0.261 e. The Morgan fingerprint density at radius 2 is 0.864 bits per heavy atom. The summed E-state index contributed by atoms with van der Waals surface area (Å²) in [4.78, 5) is 36.7. The maximum atomic E-state index is 15.3. The molecule has 2 aliphatic heterocycles. The minimum absolute atomic E-state index is 0.0863. The van der Waals surface area contributed by atoms with Crippen LogP contribution in [0.5, 0.6) is 0 Å². The van der Waals surface area contributed by atoms with Crippen molar-refractivity contribution in [2.75, 3.05) is 13.1 Å². The molecule has 2 aliphatic rings. The number of aryl methyl sites for hydroxylation is 2.